The molecule has 0 amide bonds. The van der Waals surface area contributed by atoms with Crippen LogP contribution in [-0.2, 0) is 11.8 Å². The molecule has 2 aromatic carbocycles. The number of nitrogens with one attached hydrogen (secondary N) is 1. The second kappa shape index (κ2) is 10.7. The first-order valence-corrected chi connectivity index (χ1v) is 14.0. The summed E-state index contributed by atoms with van der Waals surface area (Å²) in [6.45, 7) is 3.65. The zero-order valence-corrected chi connectivity index (χ0v) is 23.7. The van der Waals surface area contributed by atoms with E-state index in [9.17, 15) is 23.1 Å². The molecule has 6 rings (SSSR count). The minimum Gasteiger partial charge on any atom is -0.480 e. The fraction of sp³-hybridized carbons (Fsp3) is 0.400. The van der Waals surface area contributed by atoms with E-state index in [0.29, 0.717) is 44.7 Å². The zero-order chi connectivity index (χ0) is 30.5. The van der Waals surface area contributed by atoms with Gasteiger partial charge in [-0.1, -0.05) is 36.4 Å². The highest BCUT2D eigenvalue weighted by molar-refractivity contribution is 5.86. The van der Waals surface area contributed by atoms with Crippen LogP contribution in [0.1, 0.15) is 36.6 Å². The summed E-state index contributed by atoms with van der Waals surface area (Å²) in [4.78, 5) is 21.5. The van der Waals surface area contributed by atoms with Crippen molar-refractivity contribution < 1.29 is 27.8 Å². The highest BCUT2D eigenvalue weighted by atomic mass is 19.4. The van der Waals surface area contributed by atoms with Gasteiger partial charge in [0.1, 0.15) is 11.9 Å². The third kappa shape index (κ3) is 5.68. The monoisotopic (exact) mass is 595 g/mol. The molecule has 2 aliphatic rings. The molecule has 43 heavy (non-hydrogen) atoms. The molecule has 4 aromatic rings. The highest BCUT2D eigenvalue weighted by Crippen LogP contribution is 2.41. The number of nitrogens with zero attached hydrogens (tertiary/aromatic N) is 5. The van der Waals surface area contributed by atoms with E-state index in [4.69, 9.17) is 10.5 Å². The Morgan fingerprint density at radius 3 is 2.47 bits per heavy atom. The predicted molar refractivity (Wildman–Crippen MR) is 155 cm³/mol. The minimum atomic E-state index is -4.72. The number of ether oxygens (including phenoxy) is 1. The first-order chi connectivity index (χ1) is 20.4. The number of carbonyl (C=O) groups is 1. The summed E-state index contributed by atoms with van der Waals surface area (Å²) in [5, 5.41) is 17.9. The van der Waals surface area contributed by atoms with E-state index < -0.39 is 24.3 Å². The average molecular weight is 596 g/mol. The molecule has 2 aliphatic heterocycles. The summed E-state index contributed by atoms with van der Waals surface area (Å²) in [6.07, 6.45) is -5.02. The van der Waals surface area contributed by atoms with Gasteiger partial charge < -0.3 is 25.8 Å². The lowest BCUT2D eigenvalue weighted by molar-refractivity contribution is -0.198. The maximum Gasteiger partial charge on any atom is 0.429 e. The number of piperidine rings is 1. The van der Waals surface area contributed by atoms with Gasteiger partial charge in [-0.2, -0.15) is 28.2 Å². The van der Waals surface area contributed by atoms with Crippen molar-refractivity contribution >= 4 is 28.6 Å². The van der Waals surface area contributed by atoms with Crippen molar-refractivity contribution in [2.75, 3.05) is 30.3 Å². The van der Waals surface area contributed by atoms with Gasteiger partial charge in [0.25, 0.3) is 0 Å². The Balaban J connectivity index is 1.20. The van der Waals surface area contributed by atoms with Crippen molar-refractivity contribution in [3.05, 3.63) is 59.8 Å². The molecule has 226 valence electrons. The first kappa shape index (κ1) is 28.7. The number of aliphatic carboxylic acids is 1. The summed E-state index contributed by atoms with van der Waals surface area (Å²) in [5.41, 5.74) is 9.15. The third-order valence-electron chi connectivity index (χ3n) is 8.63. The van der Waals surface area contributed by atoms with E-state index in [0.717, 1.165) is 27.7 Å². The number of carboxylic acid groups (broad SMARTS) is 1. The molecule has 0 saturated carbocycles. The number of benzene rings is 2. The smallest absolute Gasteiger partial charge is 0.429 e. The molecular weight excluding hydrogens is 563 g/mol. The standard InChI is InChI=1S/C30H32F3N7O3/c1-17-21-8-7-20(13-23(21)39(2)38-17)18-3-5-19(6-4-18)26(30(31,32)33)43-25-14-24(36-28(34)37-25)40-11-9-29(10-12-40)15-22(27(41)42)35-16-29/h3-8,13-14,22,26,35H,9-12,15-16H2,1-2H3,(H,41,42)(H2,34,36,37)/t22?,26-/m1/s1. The number of hydrogen-bond acceptors (Lipinski definition) is 8. The Hall–Kier alpha value is -4.39. The van der Waals surface area contributed by atoms with Gasteiger partial charge in [-0.15, -0.1) is 0 Å². The predicted octanol–water partition coefficient (Wildman–Crippen LogP) is 4.64. The molecule has 10 nitrogen and oxygen atoms in total. The van der Waals surface area contributed by atoms with Crippen LogP contribution in [0.2, 0.25) is 0 Å². The summed E-state index contributed by atoms with van der Waals surface area (Å²) < 4.78 is 50.1. The molecule has 13 heteroatoms. The lowest BCUT2D eigenvalue weighted by Gasteiger charge is -2.39. The van der Waals surface area contributed by atoms with Crippen molar-refractivity contribution in [1.82, 2.24) is 25.1 Å². The molecule has 2 saturated heterocycles. The second-order valence-electron chi connectivity index (χ2n) is 11.5. The van der Waals surface area contributed by atoms with Gasteiger partial charge in [-0.3, -0.25) is 9.48 Å². The number of aryl methyl sites for hydroxylation is 2. The van der Waals surface area contributed by atoms with Crippen LogP contribution in [0.3, 0.4) is 0 Å². The number of fused-ring (bicyclic) bond motifs is 1. The van der Waals surface area contributed by atoms with Crippen molar-refractivity contribution in [3.8, 4) is 17.0 Å². The van der Waals surface area contributed by atoms with Gasteiger partial charge >= 0.3 is 12.1 Å². The molecular formula is C30H32F3N7O3. The first-order valence-electron chi connectivity index (χ1n) is 14.0. The largest absolute Gasteiger partial charge is 0.480 e. The number of anilines is 2. The lowest BCUT2D eigenvalue weighted by Crippen LogP contribution is -2.41. The number of rotatable bonds is 6. The van der Waals surface area contributed by atoms with Crippen LogP contribution in [0.15, 0.2) is 48.5 Å². The summed E-state index contributed by atoms with van der Waals surface area (Å²) in [7, 11) is 1.85. The fourth-order valence-corrected chi connectivity index (χ4v) is 6.25. The number of carboxylic acids is 1. The van der Waals surface area contributed by atoms with Crippen LogP contribution >= 0.6 is 0 Å². The molecule has 1 spiro atoms. The van der Waals surface area contributed by atoms with Crippen molar-refractivity contribution in [2.24, 2.45) is 12.5 Å². The molecule has 2 atom stereocenters. The lowest BCUT2D eigenvalue weighted by atomic mass is 9.76. The van der Waals surface area contributed by atoms with Crippen LogP contribution in [0.5, 0.6) is 5.88 Å². The van der Waals surface area contributed by atoms with Crippen LogP contribution in [0, 0.1) is 12.3 Å². The van der Waals surface area contributed by atoms with Crippen molar-refractivity contribution in [1.29, 1.82) is 0 Å². The normalized spacial score (nSPS) is 19.2. The Bertz CT molecular complexity index is 1660. The molecule has 2 aromatic heterocycles. The number of halogens is 3. The number of alkyl halides is 3. The Labute approximate surface area is 245 Å². The van der Waals surface area contributed by atoms with Crippen molar-refractivity contribution in [2.45, 2.75) is 44.5 Å². The van der Waals surface area contributed by atoms with Crippen LogP contribution < -0.4 is 20.7 Å². The molecule has 0 aliphatic carbocycles. The average Bonchev–Trinajstić information content (AvgIpc) is 3.51. The number of nitrogen functional groups attached to an aromatic ring is 1. The van der Waals surface area contributed by atoms with Gasteiger partial charge in [0.15, 0.2) is 0 Å². The quantitative estimate of drug-likeness (QED) is 0.292. The van der Waals surface area contributed by atoms with E-state index in [1.165, 1.54) is 18.2 Å². The van der Waals surface area contributed by atoms with E-state index in [1.54, 1.807) is 16.8 Å². The maximum atomic E-state index is 14.3. The van der Waals surface area contributed by atoms with E-state index in [-0.39, 0.29) is 22.8 Å². The van der Waals surface area contributed by atoms with Gasteiger partial charge in [-0.25, -0.2) is 0 Å². The van der Waals surface area contributed by atoms with Crippen LogP contribution in [0.4, 0.5) is 24.9 Å². The zero-order valence-electron chi connectivity index (χ0n) is 23.7. The van der Waals surface area contributed by atoms with E-state index >= 15 is 0 Å². The third-order valence-corrected chi connectivity index (χ3v) is 8.63. The molecule has 1 unspecified atom stereocenters. The molecule has 4 N–H and O–H groups in total. The summed E-state index contributed by atoms with van der Waals surface area (Å²) in [5.74, 6) is -0.965. The van der Waals surface area contributed by atoms with Crippen LogP contribution in [-0.4, -0.2) is 62.7 Å². The van der Waals surface area contributed by atoms with Gasteiger partial charge in [0.2, 0.25) is 17.9 Å². The summed E-state index contributed by atoms with van der Waals surface area (Å²) in [6, 6.07) is 12.7. The SMILES string of the molecule is Cc1nn(C)c2cc(-c3ccc([C@@H](Oc4cc(N5CCC6(CC5)CNC(C(=O)O)C6)nc(N)n4)C(F)(F)F)cc3)ccc12. The van der Waals surface area contributed by atoms with E-state index in [2.05, 4.69) is 20.4 Å². The number of nitrogens with two attached hydrogens (primary N) is 1. The van der Waals surface area contributed by atoms with E-state index in [1.807, 2.05) is 37.1 Å². The second-order valence-corrected chi connectivity index (χ2v) is 11.5. The number of hydrogen-bond donors (Lipinski definition) is 3. The Morgan fingerprint density at radius 1 is 1.12 bits per heavy atom. The Morgan fingerprint density at radius 2 is 1.81 bits per heavy atom. The molecule has 2 fully saturated rings. The van der Waals surface area contributed by atoms with Gasteiger partial charge in [-0.05, 0) is 48.8 Å². The Kier molecular flexibility index (Phi) is 7.15. The van der Waals surface area contributed by atoms with Gasteiger partial charge in [0, 0.05) is 43.7 Å². The summed E-state index contributed by atoms with van der Waals surface area (Å²) >= 11 is 0. The molecule has 0 bridgehead atoms. The minimum absolute atomic E-state index is 0.0749. The van der Waals surface area contributed by atoms with Gasteiger partial charge in [0.05, 0.1) is 11.2 Å². The topological polar surface area (TPSA) is 131 Å². The molecule has 0 radical (unpaired) electrons. The van der Waals surface area contributed by atoms with Crippen molar-refractivity contribution in [3.63, 3.8) is 0 Å². The van der Waals surface area contributed by atoms with Crippen LogP contribution in [0.25, 0.3) is 22.0 Å². The number of aromatic nitrogens is 4. The molecule has 4 heterocycles. The maximum absolute atomic E-state index is 14.3. The fourth-order valence-electron chi connectivity index (χ4n) is 6.25. The highest BCUT2D eigenvalue weighted by Gasteiger charge is 2.45.